The van der Waals surface area contributed by atoms with E-state index in [1.165, 1.54) is 11.5 Å². The van der Waals surface area contributed by atoms with Crippen LogP contribution < -0.4 is 0 Å². The highest BCUT2D eigenvalue weighted by Gasteiger charge is 2.10. The van der Waals surface area contributed by atoms with Gasteiger partial charge in [0.05, 0.1) is 0 Å². The van der Waals surface area contributed by atoms with Crippen molar-refractivity contribution in [1.82, 2.24) is 0 Å². The number of hydrogen-bond donors (Lipinski definition) is 1. The zero-order chi connectivity index (χ0) is 13.7. The SMILES string of the molecule is CCCCC/C(=C\C(=O)O)c1scc2ccccc12. The lowest BCUT2D eigenvalue weighted by Gasteiger charge is -2.05. The molecule has 0 unspecified atom stereocenters. The van der Waals surface area contributed by atoms with E-state index in [2.05, 4.69) is 24.4 Å². The number of fused-ring (bicyclic) bond motifs is 1. The predicted molar refractivity (Wildman–Crippen MR) is 81.6 cm³/mol. The van der Waals surface area contributed by atoms with Crippen LogP contribution in [0.5, 0.6) is 0 Å². The standard InChI is InChI=1S/C16H18O2S/c1-2-3-4-7-12(10-15(17)18)16-14-9-6-5-8-13(14)11-19-16/h5-6,8-11H,2-4,7H2,1H3,(H,17,18)/b12-10+. The molecular weight excluding hydrogens is 256 g/mol. The van der Waals surface area contributed by atoms with Gasteiger partial charge in [-0.15, -0.1) is 11.3 Å². The Hall–Kier alpha value is -1.61. The Labute approximate surface area is 117 Å². The topological polar surface area (TPSA) is 37.3 Å². The molecule has 1 N–H and O–H groups in total. The first kappa shape index (κ1) is 13.8. The van der Waals surface area contributed by atoms with Gasteiger partial charge in [-0.25, -0.2) is 4.79 Å². The maximum absolute atomic E-state index is 11.0. The molecule has 0 spiro atoms. The van der Waals surface area contributed by atoms with Gasteiger partial charge in [-0.2, -0.15) is 0 Å². The van der Waals surface area contributed by atoms with Crippen LogP contribution in [0.15, 0.2) is 35.7 Å². The Morgan fingerprint density at radius 1 is 1.32 bits per heavy atom. The zero-order valence-corrected chi connectivity index (χ0v) is 11.9. The van der Waals surface area contributed by atoms with E-state index in [0.717, 1.165) is 41.5 Å². The van der Waals surface area contributed by atoms with Crippen LogP contribution in [0.1, 0.15) is 37.5 Å². The summed E-state index contributed by atoms with van der Waals surface area (Å²) in [4.78, 5) is 12.1. The van der Waals surface area contributed by atoms with Crippen molar-refractivity contribution in [2.24, 2.45) is 0 Å². The molecule has 0 aliphatic carbocycles. The Kier molecular flexibility index (Phi) is 4.74. The molecule has 19 heavy (non-hydrogen) atoms. The third-order valence-electron chi connectivity index (χ3n) is 3.15. The highest BCUT2D eigenvalue weighted by Crippen LogP contribution is 2.34. The number of benzene rings is 1. The van der Waals surface area contributed by atoms with E-state index in [9.17, 15) is 4.79 Å². The van der Waals surface area contributed by atoms with Crippen molar-refractivity contribution in [3.63, 3.8) is 0 Å². The summed E-state index contributed by atoms with van der Waals surface area (Å²) in [6.45, 7) is 2.15. The molecule has 2 nitrogen and oxygen atoms in total. The molecule has 0 aliphatic heterocycles. The molecule has 0 radical (unpaired) electrons. The fourth-order valence-electron chi connectivity index (χ4n) is 2.21. The van der Waals surface area contributed by atoms with Crippen LogP contribution in [0, 0.1) is 0 Å². The summed E-state index contributed by atoms with van der Waals surface area (Å²) in [5.74, 6) is -0.857. The summed E-state index contributed by atoms with van der Waals surface area (Å²) in [6.07, 6.45) is 5.53. The molecule has 0 amide bonds. The summed E-state index contributed by atoms with van der Waals surface area (Å²) in [5, 5.41) is 13.5. The lowest BCUT2D eigenvalue weighted by atomic mass is 10.0. The quantitative estimate of drug-likeness (QED) is 0.597. The summed E-state index contributed by atoms with van der Waals surface area (Å²) >= 11 is 1.64. The zero-order valence-electron chi connectivity index (χ0n) is 11.1. The predicted octanol–water partition coefficient (Wildman–Crippen LogP) is 4.95. The fraction of sp³-hybridized carbons (Fsp3) is 0.312. The van der Waals surface area contributed by atoms with Crippen LogP contribution in [0.3, 0.4) is 0 Å². The molecule has 0 atom stereocenters. The average Bonchev–Trinajstić information content (AvgIpc) is 2.81. The number of carboxylic acids is 1. The van der Waals surface area contributed by atoms with Crippen molar-refractivity contribution in [2.75, 3.05) is 0 Å². The molecule has 0 saturated carbocycles. The van der Waals surface area contributed by atoms with Gasteiger partial charge in [0, 0.05) is 11.0 Å². The van der Waals surface area contributed by atoms with Crippen molar-refractivity contribution in [3.8, 4) is 0 Å². The van der Waals surface area contributed by atoms with E-state index in [1.807, 2.05) is 12.1 Å². The van der Waals surface area contributed by atoms with E-state index in [1.54, 1.807) is 11.3 Å². The van der Waals surface area contributed by atoms with Gasteiger partial charge < -0.3 is 5.11 Å². The Morgan fingerprint density at radius 2 is 2.11 bits per heavy atom. The first-order valence-electron chi connectivity index (χ1n) is 6.62. The van der Waals surface area contributed by atoms with Crippen LogP contribution in [0.4, 0.5) is 0 Å². The second kappa shape index (κ2) is 6.53. The Balaban J connectivity index is 2.34. The van der Waals surface area contributed by atoms with Gasteiger partial charge in [0.2, 0.25) is 0 Å². The molecule has 2 aromatic rings. The normalized spacial score (nSPS) is 11.9. The van der Waals surface area contributed by atoms with Crippen LogP contribution in [-0.2, 0) is 4.79 Å². The van der Waals surface area contributed by atoms with Crippen LogP contribution in [0.2, 0.25) is 0 Å². The van der Waals surface area contributed by atoms with E-state index in [4.69, 9.17) is 5.11 Å². The van der Waals surface area contributed by atoms with Gasteiger partial charge in [0.25, 0.3) is 0 Å². The smallest absolute Gasteiger partial charge is 0.328 e. The molecule has 1 aromatic heterocycles. The second-order valence-electron chi connectivity index (χ2n) is 4.62. The van der Waals surface area contributed by atoms with Crippen molar-refractivity contribution < 1.29 is 9.90 Å². The van der Waals surface area contributed by atoms with Gasteiger partial charge in [0.1, 0.15) is 0 Å². The number of carbonyl (C=O) groups is 1. The Morgan fingerprint density at radius 3 is 2.84 bits per heavy atom. The Bertz CT molecular complexity index is 596. The minimum absolute atomic E-state index is 0.838. The first-order chi connectivity index (χ1) is 9.22. The number of thiophene rings is 1. The van der Waals surface area contributed by atoms with E-state index in [-0.39, 0.29) is 0 Å². The molecule has 0 saturated heterocycles. The summed E-state index contributed by atoms with van der Waals surface area (Å²) in [7, 11) is 0. The van der Waals surface area contributed by atoms with Gasteiger partial charge in [0.15, 0.2) is 0 Å². The van der Waals surface area contributed by atoms with Crippen LogP contribution in [-0.4, -0.2) is 11.1 Å². The highest BCUT2D eigenvalue weighted by atomic mass is 32.1. The number of carboxylic acid groups (broad SMARTS) is 1. The molecule has 1 heterocycles. The summed E-state index contributed by atoms with van der Waals surface area (Å²) in [6, 6.07) is 8.15. The maximum atomic E-state index is 11.0. The molecular formula is C16H18O2S. The fourth-order valence-corrected chi connectivity index (χ4v) is 3.28. The minimum atomic E-state index is -0.857. The number of hydrogen-bond acceptors (Lipinski definition) is 2. The second-order valence-corrected chi connectivity index (χ2v) is 5.50. The van der Waals surface area contributed by atoms with Crippen LogP contribution in [0.25, 0.3) is 16.3 Å². The molecule has 2 rings (SSSR count). The lowest BCUT2D eigenvalue weighted by molar-refractivity contribution is -0.131. The third kappa shape index (κ3) is 3.44. The first-order valence-corrected chi connectivity index (χ1v) is 7.50. The van der Waals surface area contributed by atoms with E-state index >= 15 is 0 Å². The van der Waals surface area contributed by atoms with Crippen LogP contribution >= 0.6 is 11.3 Å². The van der Waals surface area contributed by atoms with Gasteiger partial charge >= 0.3 is 5.97 Å². The lowest BCUT2D eigenvalue weighted by Crippen LogP contribution is -1.92. The van der Waals surface area contributed by atoms with E-state index < -0.39 is 5.97 Å². The minimum Gasteiger partial charge on any atom is -0.478 e. The molecule has 1 aromatic carbocycles. The van der Waals surface area contributed by atoms with Crippen molar-refractivity contribution in [1.29, 1.82) is 0 Å². The number of allylic oxidation sites excluding steroid dienone is 1. The van der Waals surface area contributed by atoms with Crippen molar-refractivity contribution >= 4 is 33.7 Å². The van der Waals surface area contributed by atoms with Crippen molar-refractivity contribution in [2.45, 2.75) is 32.6 Å². The average molecular weight is 274 g/mol. The molecule has 3 heteroatoms. The molecule has 0 bridgehead atoms. The maximum Gasteiger partial charge on any atom is 0.328 e. The number of rotatable bonds is 6. The van der Waals surface area contributed by atoms with Gasteiger partial charge in [-0.05, 0) is 34.6 Å². The highest BCUT2D eigenvalue weighted by molar-refractivity contribution is 7.12. The molecule has 100 valence electrons. The van der Waals surface area contributed by atoms with E-state index in [0.29, 0.717) is 0 Å². The molecule has 0 aliphatic rings. The summed E-state index contributed by atoms with van der Waals surface area (Å²) in [5.41, 5.74) is 0.951. The monoisotopic (exact) mass is 274 g/mol. The largest absolute Gasteiger partial charge is 0.478 e. The number of aliphatic carboxylic acids is 1. The molecule has 0 fully saturated rings. The number of unbranched alkanes of at least 4 members (excludes halogenated alkanes) is 2. The van der Waals surface area contributed by atoms with Gasteiger partial charge in [-0.3, -0.25) is 0 Å². The summed E-state index contributed by atoms with van der Waals surface area (Å²) < 4.78 is 0. The van der Waals surface area contributed by atoms with Gasteiger partial charge in [-0.1, -0.05) is 44.0 Å². The third-order valence-corrected chi connectivity index (χ3v) is 4.24. The van der Waals surface area contributed by atoms with Crippen molar-refractivity contribution in [3.05, 3.63) is 40.6 Å².